The molecule has 1 spiro atoms. The Morgan fingerprint density at radius 2 is 1.61 bits per heavy atom. The predicted octanol–water partition coefficient (Wildman–Crippen LogP) is 5.39. The number of carbonyl (C=O) groups excluding carboxylic acids is 2. The van der Waals surface area contributed by atoms with Gasteiger partial charge in [-0.25, -0.2) is 4.39 Å². The molecule has 9 heteroatoms. The molecule has 4 rings (SSSR count). The molecule has 0 radical (unpaired) electrons. The van der Waals surface area contributed by atoms with Crippen LogP contribution in [-0.2, 0) is 11.0 Å². The molecule has 2 aliphatic rings. The van der Waals surface area contributed by atoms with Crippen molar-refractivity contribution < 1.29 is 27.2 Å². The molecule has 0 atom stereocenters. The highest BCUT2D eigenvalue weighted by atomic mass is 79.9. The second-order valence-electron chi connectivity index (χ2n) is 8.56. The predicted molar refractivity (Wildman–Crippen MR) is 119 cm³/mol. The van der Waals surface area contributed by atoms with Gasteiger partial charge in [-0.05, 0) is 54.8 Å². The molecule has 2 aromatic carbocycles. The van der Waals surface area contributed by atoms with Crippen molar-refractivity contribution in [2.75, 3.05) is 26.2 Å². The van der Waals surface area contributed by atoms with E-state index in [9.17, 15) is 27.2 Å². The van der Waals surface area contributed by atoms with E-state index >= 15 is 0 Å². The van der Waals surface area contributed by atoms with E-state index in [0.717, 1.165) is 22.2 Å². The van der Waals surface area contributed by atoms with Crippen LogP contribution in [0.25, 0.3) is 6.08 Å². The van der Waals surface area contributed by atoms with Gasteiger partial charge in [0.15, 0.2) is 0 Å². The molecule has 0 N–H and O–H groups in total. The summed E-state index contributed by atoms with van der Waals surface area (Å²) in [5, 5.41) is 0. The third-order valence-corrected chi connectivity index (χ3v) is 6.81. The van der Waals surface area contributed by atoms with E-state index < -0.39 is 29.0 Å². The number of piperidine rings is 1. The summed E-state index contributed by atoms with van der Waals surface area (Å²) in [7, 11) is 0. The van der Waals surface area contributed by atoms with E-state index in [1.165, 1.54) is 11.0 Å². The van der Waals surface area contributed by atoms with Gasteiger partial charge in [-0.2, -0.15) is 13.2 Å². The molecule has 2 fully saturated rings. The van der Waals surface area contributed by atoms with E-state index in [-0.39, 0.29) is 11.3 Å². The van der Waals surface area contributed by atoms with Crippen molar-refractivity contribution in [1.29, 1.82) is 0 Å². The maximum Gasteiger partial charge on any atom is 0.417 e. The zero-order chi connectivity index (χ0) is 23.8. The minimum absolute atomic E-state index is 0.0962. The molecule has 2 amide bonds. The highest BCUT2D eigenvalue weighted by Gasteiger charge is 2.48. The monoisotopic (exact) mass is 524 g/mol. The smallest absolute Gasteiger partial charge is 0.339 e. The Balaban J connectivity index is 1.33. The summed E-state index contributed by atoms with van der Waals surface area (Å²) in [5.74, 6) is -1.88. The van der Waals surface area contributed by atoms with E-state index in [4.69, 9.17) is 0 Å². The van der Waals surface area contributed by atoms with E-state index in [1.807, 2.05) is 24.3 Å². The fourth-order valence-electron chi connectivity index (χ4n) is 4.38. The van der Waals surface area contributed by atoms with Crippen molar-refractivity contribution in [2.24, 2.45) is 5.41 Å². The molecule has 0 aliphatic carbocycles. The first kappa shape index (κ1) is 23.5. The maximum atomic E-state index is 13.3. The zero-order valence-electron chi connectivity index (χ0n) is 17.5. The number of halogens is 5. The van der Waals surface area contributed by atoms with Crippen LogP contribution in [0, 0.1) is 11.2 Å². The topological polar surface area (TPSA) is 40.6 Å². The standard InChI is InChI=1S/C24H21BrF4N2O2/c25-17-4-1-16(2-5-17)3-8-21(32)30-11-9-23(10-12-30)14-31(15-23)22(33)19-7-6-18(26)13-20(19)24(27,28)29/h1-8,13H,9-12,14-15H2. The summed E-state index contributed by atoms with van der Waals surface area (Å²) in [6.07, 6.45) is -0.186. The Bertz CT molecular complexity index is 1080. The minimum Gasteiger partial charge on any atom is -0.339 e. The molecule has 2 aromatic rings. The summed E-state index contributed by atoms with van der Waals surface area (Å²) >= 11 is 3.36. The fourth-order valence-corrected chi connectivity index (χ4v) is 4.64. The lowest BCUT2D eigenvalue weighted by molar-refractivity contribution is -0.138. The van der Waals surface area contributed by atoms with Crippen LogP contribution >= 0.6 is 15.9 Å². The first-order valence-electron chi connectivity index (χ1n) is 10.4. The molecule has 0 unspecified atom stereocenters. The van der Waals surface area contributed by atoms with Gasteiger partial charge >= 0.3 is 6.18 Å². The van der Waals surface area contributed by atoms with Gasteiger partial charge in [0.25, 0.3) is 5.91 Å². The second kappa shape index (κ2) is 8.93. The van der Waals surface area contributed by atoms with Gasteiger partial charge in [0.1, 0.15) is 5.82 Å². The molecular weight excluding hydrogens is 504 g/mol. The van der Waals surface area contributed by atoms with Gasteiger partial charge in [0.05, 0.1) is 11.1 Å². The number of amides is 2. The molecule has 2 heterocycles. The van der Waals surface area contributed by atoms with Crippen LogP contribution in [0.4, 0.5) is 17.6 Å². The lowest BCUT2D eigenvalue weighted by Crippen LogP contribution is -2.62. The van der Waals surface area contributed by atoms with Crippen molar-refractivity contribution in [2.45, 2.75) is 19.0 Å². The zero-order valence-corrected chi connectivity index (χ0v) is 19.1. The van der Waals surface area contributed by atoms with Gasteiger partial charge in [-0.15, -0.1) is 0 Å². The van der Waals surface area contributed by atoms with Gasteiger partial charge in [0.2, 0.25) is 5.91 Å². The molecule has 0 saturated carbocycles. The number of nitrogens with zero attached hydrogens (tertiary/aromatic N) is 2. The average molecular weight is 525 g/mol. The molecular formula is C24H21BrF4N2O2. The maximum absolute atomic E-state index is 13.3. The first-order valence-corrected chi connectivity index (χ1v) is 11.2. The van der Waals surface area contributed by atoms with Crippen molar-refractivity contribution in [1.82, 2.24) is 9.80 Å². The Morgan fingerprint density at radius 1 is 0.970 bits per heavy atom. The quantitative estimate of drug-likeness (QED) is 0.399. The molecule has 174 valence electrons. The summed E-state index contributed by atoms with van der Waals surface area (Å²) in [4.78, 5) is 28.3. The Kier molecular flexibility index (Phi) is 6.35. The number of carbonyl (C=O) groups is 2. The van der Waals surface area contributed by atoms with Crippen molar-refractivity contribution in [3.05, 3.63) is 75.5 Å². The van der Waals surface area contributed by atoms with Gasteiger partial charge in [-0.1, -0.05) is 28.1 Å². The third kappa shape index (κ3) is 5.13. The van der Waals surface area contributed by atoms with Gasteiger partial charge in [0, 0.05) is 42.1 Å². The lowest BCUT2D eigenvalue weighted by Gasteiger charge is -2.54. The summed E-state index contributed by atoms with van der Waals surface area (Å²) in [5.41, 5.74) is -1.08. The fraction of sp³-hybridized carbons (Fsp3) is 0.333. The highest BCUT2D eigenvalue weighted by Crippen LogP contribution is 2.42. The van der Waals surface area contributed by atoms with Crippen molar-refractivity contribution in [3.63, 3.8) is 0 Å². The number of hydrogen-bond acceptors (Lipinski definition) is 2. The Labute approximate surface area is 197 Å². The molecule has 2 aliphatic heterocycles. The van der Waals surface area contributed by atoms with Crippen LogP contribution in [0.15, 0.2) is 53.0 Å². The molecule has 0 bridgehead atoms. The Morgan fingerprint density at radius 3 is 2.21 bits per heavy atom. The number of hydrogen-bond donors (Lipinski definition) is 0. The number of likely N-dealkylation sites (tertiary alicyclic amines) is 2. The van der Waals surface area contributed by atoms with E-state index in [0.29, 0.717) is 45.1 Å². The minimum atomic E-state index is -4.81. The molecule has 33 heavy (non-hydrogen) atoms. The van der Waals surface area contributed by atoms with Gasteiger partial charge in [-0.3, -0.25) is 9.59 Å². The largest absolute Gasteiger partial charge is 0.417 e. The third-order valence-electron chi connectivity index (χ3n) is 6.28. The summed E-state index contributed by atoms with van der Waals surface area (Å²) in [6.45, 7) is 1.71. The average Bonchev–Trinajstić information content (AvgIpc) is 2.76. The summed E-state index contributed by atoms with van der Waals surface area (Å²) in [6, 6.07) is 9.68. The number of rotatable bonds is 3. The van der Waals surface area contributed by atoms with Crippen molar-refractivity contribution in [3.8, 4) is 0 Å². The normalized spacial score (nSPS) is 18.0. The van der Waals surface area contributed by atoms with Crippen LogP contribution in [0.1, 0.15) is 34.3 Å². The van der Waals surface area contributed by atoms with E-state index in [2.05, 4.69) is 15.9 Å². The van der Waals surface area contributed by atoms with Crippen LogP contribution in [-0.4, -0.2) is 47.8 Å². The first-order chi connectivity index (χ1) is 15.6. The van der Waals surface area contributed by atoms with Crippen LogP contribution in [0.5, 0.6) is 0 Å². The van der Waals surface area contributed by atoms with Crippen LogP contribution in [0.3, 0.4) is 0 Å². The SMILES string of the molecule is O=C(C=Cc1ccc(Br)cc1)N1CCC2(CC1)CN(C(=O)c1ccc(F)cc1C(F)(F)F)C2. The lowest BCUT2D eigenvalue weighted by atomic mass is 9.71. The van der Waals surface area contributed by atoms with Crippen LogP contribution < -0.4 is 0 Å². The molecule has 2 saturated heterocycles. The van der Waals surface area contributed by atoms with Gasteiger partial charge < -0.3 is 9.80 Å². The number of benzene rings is 2. The molecule has 0 aromatic heterocycles. The highest BCUT2D eigenvalue weighted by molar-refractivity contribution is 9.10. The van der Waals surface area contributed by atoms with Crippen molar-refractivity contribution >= 4 is 33.8 Å². The van der Waals surface area contributed by atoms with E-state index in [1.54, 1.807) is 11.0 Å². The van der Waals surface area contributed by atoms with Crippen LogP contribution in [0.2, 0.25) is 0 Å². The molecule has 4 nitrogen and oxygen atoms in total. The second-order valence-corrected chi connectivity index (χ2v) is 9.47. The Hall–Kier alpha value is -2.68. The number of alkyl halides is 3. The summed E-state index contributed by atoms with van der Waals surface area (Å²) < 4.78 is 54.0.